The van der Waals surface area contributed by atoms with Gasteiger partial charge in [0.2, 0.25) is 0 Å². The standard InChI is InChI=1S/C19H26N4OS/c1-14-18(25-17(20-14)13-23-11-5-4-6-12-23)19(24)21-15-7-9-16(10-8-15)22(2)3/h7-10H,4-6,11-13H2,1-3H3,(H,21,24). The second-order valence-corrected chi connectivity index (χ2v) is 7.84. The molecule has 0 unspecified atom stereocenters. The molecule has 0 atom stereocenters. The van der Waals surface area contributed by atoms with Crippen LogP contribution in [0.25, 0.3) is 0 Å². The van der Waals surface area contributed by atoms with Gasteiger partial charge in [-0.25, -0.2) is 4.98 Å². The maximum absolute atomic E-state index is 12.6. The lowest BCUT2D eigenvalue weighted by Crippen LogP contribution is -2.28. The van der Waals surface area contributed by atoms with Crippen LogP contribution in [0, 0.1) is 6.92 Å². The minimum absolute atomic E-state index is 0.0718. The fourth-order valence-corrected chi connectivity index (χ4v) is 4.07. The van der Waals surface area contributed by atoms with Crippen LogP contribution in [0.15, 0.2) is 24.3 Å². The summed E-state index contributed by atoms with van der Waals surface area (Å²) in [4.78, 5) is 22.4. The van der Waals surface area contributed by atoms with Crippen LogP contribution >= 0.6 is 11.3 Å². The van der Waals surface area contributed by atoms with Crippen LogP contribution < -0.4 is 10.2 Å². The van der Waals surface area contributed by atoms with Crippen molar-refractivity contribution in [2.24, 2.45) is 0 Å². The molecule has 1 aliphatic heterocycles. The zero-order valence-corrected chi connectivity index (χ0v) is 16.0. The number of rotatable bonds is 5. The summed E-state index contributed by atoms with van der Waals surface area (Å²) in [5.74, 6) is -0.0718. The fourth-order valence-electron chi connectivity index (χ4n) is 3.07. The van der Waals surface area contributed by atoms with Gasteiger partial charge in [0, 0.05) is 25.5 Å². The van der Waals surface area contributed by atoms with Gasteiger partial charge in [-0.3, -0.25) is 9.69 Å². The number of aromatic nitrogens is 1. The molecule has 1 aromatic heterocycles. The molecule has 1 aromatic carbocycles. The molecular formula is C19H26N4OS. The number of likely N-dealkylation sites (tertiary alicyclic amines) is 1. The Morgan fingerprint density at radius 2 is 1.88 bits per heavy atom. The van der Waals surface area contributed by atoms with Crippen molar-refractivity contribution in [3.8, 4) is 0 Å². The molecule has 6 heteroatoms. The Hall–Kier alpha value is -1.92. The number of anilines is 2. The summed E-state index contributed by atoms with van der Waals surface area (Å²) in [5.41, 5.74) is 2.73. The average Bonchev–Trinajstić information content (AvgIpc) is 2.96. The molecule has 1 N–H and O–H groups in total. The summed E-state index contributed by atoms with van der Waals surface area (Å²) < 4.78 is 0. The van der Waals surface area contributed by atoms with Crippen molar-refractivity contribution in [3.63, 3.8) is 0 Å². The Bertz CT molecular complexity index is 718. The molecular weight excluding hydrogens is 332 g/mol. The Labute approximate surface area is 153 Å². The zero-order chi connectivity index (χ0) is 17.8. The van der Waals surface area contributed by atoms with Crippen LogP contribution in [0.4, 0.5) is 11.4 Å². The molecule has 0 bridgehead atoms. The van der Waals surface area contributed by atoms with Crippen molar-refractivity contribution in [1.29, 1.82) is 0 Å². The highest BCUT2D eigenvalue weighted by Gasteiger charge is 2.18. The maximum atomic E-state index is 12.6. The van der Waals surface area contributed by atoms with Crippen LogP contribution in [0.2, 0.25) is 0 Å². The maximum Gasteiger partial charge on any atom is 0.267 e. The molecule has 0 saturated carbocycles. The summed E-state index contributed by atoms with van der Waals surface area (Å²) in [6, 6.07) is 7.85. The lowest BCUT2D eigenvalue weighted by atomic mass is 10.1. The first-order valence-electron chi connectivity index (χ1n) is 8.80. The van der Waals surface area contributed by atoms with E-state index in [-0.39, 0.29) is 5.91 Å². The number of benzene rings is 1. The van der Waals surface area contributed by atoms with Gasteiger partial charge in [-0.05, 0) is 57.1 Å². The van der Waals surface area contributed by atoms with Crippen molar-refractivity contribution < 1.29 is 4.79 Å². The van der Waals surface area contributed by atoms with Gasteiger partial charge in [0.25, 0.3) is 5.91 Å². The summed E-state index contributed by atoms with van der Waals surface area (Å²) in [7, 11) is 4.00. The largest absolute Gasteiger partial charge is 0.378 e. The molecule has 0 radical (unpaired) electrons. The van der Waals surface area contributed by atoms with Crippen LogP contribution in [-0.4, -0.2) is 43.0 Å². The third-order valence-electron chi connectivity index (χ3n) is 4.50. The highest BCUT2D eigenvalue weighted by Crippen LogP contribution is 2.23. The number of nitrogens with one attached hydrogen (secondary N) is 1. The zero-order valence-electron chi connectivity index (χ0n) is 15.2. The summed E-state index contributed by atoms with van der Waals surface area (Å²) in [6.07, 6.45) is 3.86. The van der Waals surface area contributed by atoms with E-state index in [2.05, 4.69) is 15.2 Å². The number of carbonyl (C=O) groups excluding carboxylic acids is 1. The van der Waals surface area contributed by atoms with E-state index in [0.717, 1.165) is 41.7 Å². The summed E-state index contributed by atoms with van der Waals surface area (Å²) in [6.45, 7) is 5.05. The fraction of sp³-hybridized carbons (Fsp3) is 0.474. The van der Waals surface area contributed by atoms with Crippen LogP contribution in [0.5, 0.6) is 0 Å². The third-order valence-corrected chi connectivity index (χ3v) is 5.64. The van der Waals surface area contributed by atoms with Crippen LogP contribution in [-0.2, 0) is 6.54 Å². The Kier molecular flexibility index (Phi) is 5.71. The van der Waals surface area contributed by atoms with Crippen LogP contribution in [0.1, 0.15) is 39.6 Å². The molecule has 5 nitrogen and oxygen atoms in total. The van der Waals surface area contributed by atoms with E-state index in [1.165, 1.54) is 30.6 Å². The van der Waals surface area contributed by atoms with Crippen LogP contribution in [0.3, 0.4) is 0 Å². The van der Waals surface area contributed by atoms with Gasteiger partial charge in [-0.1, -0.05) is 6.42 Å². The Balaban J connectivity index is 1.65. The third kappa shape index (κ3) is 4.58. The lowest BCUT2D eigenvalue weighted by Gasteiger charge is -2.25. The van der Waals surface area contributed by atoms with Gasteiger partial charge in [-0.2, -0.15) is 0 Å². The minimum Gasteiger partial charge on any atom is -0.378 e. The van der Waals surface area contributed by atoms with Crippen molar-refractivity contribution in [2.45, 2.75) is 32.7 Å². The Morgan fingerprint density at radius 3 is 2.52 bits per heavy atom. The molecule has 1 aliphatic rings. The van der Waals surface area contributed by atoms with Crippen molar-refractivity contribution in [1.82, 2.24) is 9.88 Å². The first kappa shape index (κ1) is 17.9. The number of piperidine rings is 1. The van der Waals surface area contributed by atoms with E-state index in [9.17, 15) is 4.79 Å². The Morgan fingerprint density at radius 1 is 1.20 bits per heavy atom. The molecule has 1 amide bonds. The van der Waals surface area contributed by atoms with Gasteiger partial charge in [0.1, 0.15) is 9.88 Å². The van der Waals surface area contributed by atoms with E-state index >= 15 is 0 Å². The molecule has 0 aliphatic carbocycles. The second kappa shape index (κ2) is 7.97. The summed E-state index contributed by atoms with van der Waals surface area (Å²) in [5, 5.41) is 4.02. The predicted molar refractivity (Wildman–Crippen MR) is 105 cm³/mol. The second-order valence-electron chi connectivity index (χ2n) is 6.75. The van der Waals surface area contributed by atoms with Gasteiger partial charge in [0.05, 0.1) is 12.2 Å². The molecule has 2 aromatic rings. The highest BCUT2D eigenvalue weighted by molar-refractivity contribution is 7.13. The van der Waals surface area contributed by atoms with Gasteiger partial charge in [0.15, 0.2) is 0 Å². The first-order valence-corrected chi connectivity index (χ1v) is 9.62. The lowest BCUT2D eigenvalue weighted by molar-refractivity contribution is 0.103. The quantitative estimate of drug-likeness (QED) is 0.884. The predicted octanol–water partition coefficient (Wildman–Crippen LogP) is 3.76. The van der Waals surface area contributed by atoms with Gasteiger partial charge < -0.3 is 10.2 Å². The molecule has 0 spiro atoms. The van der Waals surface area contributed by atoms with Gasteiger partial charge >= 0.3 is 0 Å². The molecule has 1 saturated heterocycles. The summed E-state index contributed by atoms with van der Waals surface area (Å²) >= 11 is 1.52. The monoisotopic (exact) mass is 358 g/mol. The van der Waals surface area contributed by atoms with E-state index in [4.69, 9.17) is 0 Å². The SMILES string of the molecule is Cc1nc(CN2CCCCC2)sc1C(=O)Nc1ccc(N(C)C)cc1. The van der Waals surface area contributed by atoms with E-state index in [1.807, 2.05) is 50.2 Å². The van der Waals surface area contributed by atoms with E-state index in [0.29, 0.717) is 4.88 Å². The number of nitrogens with zero attached hydrogens (tertiary/aromatic N) is 3. The number of hydrogen-bond donors (Lipinski definition) is 1. The van der Waals surface area contributed by atoms with Crippen molar-refractivity contribution >= 4 is 28.6 Å². The molecule has 25 heavy (non-hydrogen) atoms. The highest BCUT2D eigenvalue weighted by atomic mass is 32.1. The first-order chi connectivity index (χ1) is 12.0. The minimum atomic E-state index is -0.0718. The number of carbonyl (C=O) groups is 1. The van der Waals surface area contributed by atoms with Crippen molar-refractivity contribution in [2.75, 3.05) is 37.4 Å². The molecule has 3 rings (SSSR count). The smallest absolute Gasteiger partial charge is 0.267 e. The van der Waals surface area contributed by atoms with E-state index < -0.39 is 0 Å². The number of aryl methyl sites for hydroxylation is 1. The van der Waals surface area contributed by atoms with Gasteiger partial charge in [-0.15, -0.1) is 11.3 Å². The molecule has 134 valence electrons. The normalized spacial score (nSPS) is 15.2. The average molecular weight is 359 g/mol. The number of amides is 1. The van der Waals surface area contributed by atoms with Crippen molar-refractivity contribution in [3.05, 3.63) is 39.8 Å². The topological polar surface area (TPSA) is 48.5 Å². The van der Waals surface area contributed by atoms with E-state index in [1.54, 1.807) is 0 Å². The molecule has 1 fully saturated rings. The molecule has 2 heterocycles. The number of thiazole rings is 1. The number of hydrogen-bond acceptors (Lipinski definition) is 5.